The Kier molecular flexibility index (Phi) is 5.42. The average Bonchev–Trinajstić information content (AvgIpc) is 2.62. The lowest BCUT2D eigenvalue weighted by Gasteiger charge is -2.08. The van der Waals surface area contributed by atoms with Crippen molar-refractivity contribution in [2.45, 2.75) is 39.5 Å². The van der Waals surface area contributed by atoms with E-state index < -0.39 is 13.0 Å². The summed E-state index contributed by atoms with van der Waals surface area (Å²) in [5.74, 6) is 0.605. The predicted octanol–water partition coefficient (Wildman–Crippen LogP) is 2.56. The van der Waals surface area contributed by atoms with Gasteiger partial charge in [0.2, 0.25) is 0 Å². The molecule has 0 aromatic carbocycles. The smallest absolute Gasteiger partial charge is 0.261 e. The summed E-state index contributed by atoms with van der Waals surface area (Å²) in [6, 6.07) is 2.18. The Balaban J connectivity index is 2.38. The summed E-state index contributed by atoms with van der Waals surface area (Å²) in [6.07, 6.45) is -0.898. The molecule has 5 heteroatoms. The minimum atomic E-state index is -2.44. The highest BCUT2D eigenvalue weighted by molar-refractivity contribution is 5.16. The van der Waals surface area contributed by atoms with Crippen LogP contribution in [0.15, 0.2) is 16.7 Å². The van der Waals surface area contributed by atoms with Crippen LogP contribution in [0, 0.1) is 0 Å². The van der Waals surface area contributed by atoms with Crippen LogP contribution in [0.25, 0.3) is 0 Å². The maximum atomic E-state index is 11.8. The van der Waals surface area contributed by atoms with E-state index in [0.29, 0.717) is 18.3 Å². The first-order valence-corrected chi connectivity index (χ1v) is 5.24. The molecule has 0 bridgehead atoms. The highest BCUT2D eigenvalue weighted by Crippen LogP contribution is 2.12. The van der Waals surface area contributed by atoms with E-state index in [1.165, 1.54) is 0 Å². The van der Waals surface area contributed by atoms with Crippen molar-refractivity contribution in [2.75, 3.05) is 6.61 Å². The average molecular weight is 233 g/mol. The van der Waals surface area contributed by atoms with Crippen molar-refractivity contribution in [1.82, 2.24) is 5.32 Å². The quantitative estimate of drug-likeness (QED) is 0.786. The Labute approximate surface area is 93.8 Å². The summed E-state index contributed by atoms with van der Waals surface area (Å²) in [5.41, 5.74) is 0.947. The number of halogens is 2. The molecule has 1 heterocycles. The highest BCUT2D eigenvalue weighted by atomic mass is 19.3. The van der Waals surface area contributed by atoms with Crippen LogP contribution in [0.1, 0.15) is 25.2 Å². The lowest BCUT2D eigenvalue weighted by molar-refractivity contribution is 0.00421. The van der Waals surface area contributed by atoms with Crippen LogP contribution < -0.4 is 5.32 Å². The number of alkyl halides is 2. The second kappa shape index (κ2) is 6.60. The van der Waals surface area contributed by atoms with Gasteiger partial charge < -0.3 is 14.5 Å². The molecule has 92 valence electrons. The zero-order valence-corrected chi connectivity index (χ0v) is 9.50. The summed E-state index contributed by atoms with van der Waals surface area (Å²) in [7, 11) is 0. The molecule has 1 aromatic heterocycles. The van der Waals surface area contributed by atoms with Crippen LogP contribution in [0.2, 0.25) is 0 Å². The van der Waals surface area contributed by atoms with E-state index in [4.69, 9.17) is 9.15 Å². The molecule has 0 aliphatic heterocycles. The zero-order valence-electron chi connectivity index (χ0n) is 9.50. The van der Waals surface area contributed by atoms with Crippen LogP contribution >= 0.6 is 0 Å². The lowest BCUT2D eigenvalue weighted by Crippen LogP contribution is -2.22. The molecule has 0 fully saturated rings. The van der Waals surface area contributed by atoms with Crippen LogP contribution in [0.5, 0.6) is 0 Å². The van der Waals surface area contributed by atoms with Crippen LogP contribution in [-0.2, 0) is 17.9 Å². The summed E-state index contributed by atoms with van der Waals surface area (Å²) in [4.78, 5) is 0. The molecule has 1 rings (SSSR count). The Hall–Kier alpha value is -0.940. The number of hydrogen-bond acceptors (Lipinski definition) is 3. The number of hydrogen-bond donors (Lipinski definition) is 1. The van der Waals surface area contributed by atoms with Crippen LogP contribution in [0.4, 0.5) is 8.78 Å². The van der Waals surface area contributed by atoms with Crippen molar-refractivity contribution in [1.29, 1.82) is 0 Å². The van der Waals surface area contributed by atoms with Gasteiger partial charge in [-0.1, -0.05) is 13.8 Å². The molecule has 0 saturated heterocycles. The van der Waals surface area contributed by atoms with E-state index in [1.807, 2.05) is 19.9 Å². The van der Waals surface area contributed by atoms with Crippen molar-refractivity contribution >= 4 is 0 Å². The van der Waals surface area contributed by atoms with Crippen molar-refractivity contribution in [3.05, 3.63) is 23.7 Å². The molecule has 16 heavy (non-hydrogen) atoms. The van der Waals surface area contributed by atoms with Gasteiger partial charge in [0.15, 0.2) is 0 Å². The van der Waals surface area contributed by atoms with E-state index in [2.05, 4.69) is 5.32 Å². The van der Waals surface area contributed by atoms with Gasteiger partial charge in [-0.05, 0) is 6.07 Å². The first-order valence-electron chi connectivity index (χ1n) is 5.24. The van der Waals surface area contributed by atoms with E-state index in [-0.39, 0.29) is 6.61 Å². The normalized spacial score (nSPS) is 11.6. The number of ether oxygens (including phenoxy) is 1. The summed E-state index contributed by atoms with van der Waals surface area (Å²) < 4.78 is 33.7. The van der Waals surface area contributed by atoms with E-state index in [9.17, 15) is 8.78 Å². The largest absolute Gasteiger partial charge is 0.467 e. The molecule has 0 radical (unpaired) electrons. The molecular weight excluding hydrogens is 216 g/mol. The van der Waals surface area contributed by atoms with Gasteiger partial charge in [-0.15, -0.1) is 0 Å². The van der Waals surface area contributed by atoms with E-state index in [0.717, 1.165) is 5.56 Å². The third-order valence-corrected chi connectivity index (χ3v) is 2.02. The lowest BCUT2D eigenvalue weighted by atomic mass is 10.2. The zero-order chi connectivity index (χ0) is 12.0. The number of furan rings is 1. The molecule has 0 unspecified atom stereocenters. The fourth-order valence-electron chi connectivity index (χ4n) is 1.21. The fraction of sp³-hybridized carbons (Fsp3) is 0.636. The Morgan fingerprint density at radius 2 is 2.19 bits per heavy atom. The topological polar surface area (TPSA) is 34.4 Å². The number of rotatable bonds is 7. The third kappa shape index (κ3) is 4.72. The maximum absolute atomic E-state index is 11.8. The van der Waals surface area contributed by atoms with Crippen molar-refractivity contribution in [3.63, 3.8) is 0 Å². The molecule has 0 atom stereocenters. The van der Waals surface area contributed by atoms with Crippen molar-refractivity contribution in [2.24, 2.45) is 0 Å². The number of nitrogens with one attached hydrogen (secondary N) is 1. The van der Waals surface area contributed by atoms with E-state index >= 15 is 0 Å². The minimum Gasteiger partial charge on any atom is -0.467 e. The summed E-state index contributed by atoms with van der Waals surface area (Å²) in [6.45, 7) is 4.26. The summed E-state index contributed by atoms with van der Waals surface area (Å²) in [5, 5.41) is 3.22. The van der Waals surface area contributed by atoms with E-state index in [1.54, 1.807) is 6.26 Å². The van der Waals surface area contributed by atoms with Crippen molar-refractivity contribution < 1.29 is 17.9 Å². The second-order valence-corrected chi connectivity index (χ2v) is 3.81. The molecule has 3 nitrogen and oxygen atoms in total. The Morgan fingerprint density at radius 3 is 2.81 bits per heavy atom. The molecular formula is C11H17F2NO2. The van der Waals surface area contributed by atoms with Gasteiger partial charge in [-0.3, -0.25) is 0 Å². The van der Waals surface area contributed by atoms with Gasteiger partial charge in [0, 0.05) is 18.2 Å². The standard InChI is InChI=1S/C11H17F2NO2/c1-8(2)14-5-9-3-4-16-10(9)6-15-7-11(12)13/h3-4,8,11,14H,5-7H2,1-2H3. The molecule has 1 N–H and O–H groups in total. The molecule has 0 saturated carbocycles. The van der Waals surface area contributed by atoms with Gasteiger partial charge in [-0.2, -0.15) is 0 Å². The van der Waals surface area contributed by atoms with Crippen molar-refractivity contribution in [3.8, 4) is 0 Å². The highest BCUT2D eigenvalue weighted by Gasteiger charge is 2.08. The van der Waals surface area contributed by atoms with Gasteiger partial charge in [0.25, 0.3) is 6.43 Å². The molecule has 0 amide bonds. The Morgan fingerprint density at radius 1 is 1.44 bits per heavy atom. The molecule has 0 aliphatic carbocycles. The van der Waals surface area contributed by atoms with Crippen LogP contribution in [-0.4, -0.2) is 19.1 Å². The fourth-order valence-corrected chi connectivity index (χ4v) is 1.21. The monoisotopic (exact) mass is 233 g/mol. The maximum Gasteiger partial charge on any atom is 0.261 e. The molecule has 0 spiro atoms. The van der Waals surface area contributed by atoms with Gasteiger partial charge in [-0.25, -0.2) is 8.78 Å². The van der Waals surface area contributed by atoms with Gasteiger partial charge in [0.05, 0.1) is 6.26 Å². The predicted molar refractivity (Wildman–Crippen MR) is 56.3 cm³/mol. The third-order valence-electron chi connectivity index (χ3n) is 2.02. The first kappa shape index (κ1) is 13.1. The van der Waals surface area contributed by atoms with Crippen LogP contribution in [0.3, 0.4) is 0 Å². The molecule has 0 aliphatic rings. The SMILES string of the molecule is CC(C)NCc1ccoc1COCC(F)F. The summed E-state index contributed by atoms with van der Waals surface area (Å²) >= 11 is 0. The molecule has 1 aromatic rings. The first-order chi connectivity index (χ1) is 7.59. The van der Waals surface area contributed by atoms with Gasteiger partial charge in [0.1, 0.15) is 19.0 Å². The second-order valence-electron chi connectivity index (χ2n) is 3.81. The minimum absolute atomic E-state index is 0.0897. The Bertz CT molecular complexity index is 300. The van der Waals surface area contributed by atoms with Gasteiger partial charge >= 0.3 is 0 Å².